The lowest BCUT2D eigenvalue weighted by molar-refractivity contribution is -0.121. The van der Waals surface area contributed by atoms with Gasteiger partial charge in [0, 0.05) is 18.8 Å². The van der Waals surface area contributed by atoms with Crippen molar-refractivity contribution in [2.24, 2.45) is 0 Å². The fourth-order valence-corrected chi connectivity index (χ4v) is 3.02. The minimum absolute atomic E-state index is 0.0177. The SMILES string of the molecule is CC(NC(=O)CCCc1ccccc1)c1cccc(-c2cccnc2)c1. The monoisotopic (exact) mass is 344 g/mol. The van der Waals surface area contributed by atoms with Crippen LogP contribution >= 0.6 is 0 Å². The van der Waals surface area contributed by atoms with Gasteiger partial charge >= 0.3 is 0 Å². The molecule has 3 nitrogen and oxygen atoms in total. The third kappa shape index (κ3) is 5.03. The molecule has 0 radical (unpaired) electrons. The van der Waals surface area contributed by atoms with Crippen molar-refractivity contribution in [1.29, 1.82) is 0 Å². The highest BCUT2D eigenvalue weighted by atomic mass is 16.1. The average molecular weight is 344 g/mol. The lowest BCUT2D eigenvalue weighted by Gasteiger charge is -2.15. The lowest BCUT2D eigenvalue weighted by atomic mass is 10.0. The molecule has 2 aromatic carbocycles. The number of amides is 1. The van der Waals surface area contributed by atoms with Crippen LogP contribution in [0.3, 0.4) is 0 Å². The van der Waals surface area contributed by atoms with E-state index in [4.69, 9.17) is 0 Å². The van der Waals surface area contributed by atoms with Crippen molar-refractivity contribution in [3.63, 3.8) is 0 Å². The summed E-state index contributed by atoms with van der Waals surface area (Å²) in [4.78, 5) is 16.4. The van der Waals surface area contributed by atoms with Crippen molar-refractivity contribution in [3.05, 3.63) is 90.3 Å². The van der Waals surface area contributed by atoms with Gasteiger partial charge in [0.15, 0.2) is 0 Å². The van der Waals surface area contributed by atoms with Gasteiger partial charge in [-0.25, -0.2) is 0 Å². The van der Waals surface area contributed by atoms with Crippen LogP contribution in [-0.4, -0.2) is 10.9 Å². The lowest BCUT2D eigenvalue weighted by Crippen LogP contribution is -2.26. The van der Waals surface area contributed by atoms with Crippen LogP contribution in [0.5, 0.6) is 0 Å². The molecule has 26 heavy (non-hydrogen) atoms. The van der Waals surface area contributed by atoms with Gasteiger partial charge in [0.25, 0.3) is 0 Å². The molecule has 1 N–H and O–H groups in total. The normalized spacial score (nSPS) is 11.7. The van der Waals surface area contributed by atoms with Gasteiger partial charge in [-0.2, -0.15) is 0 Å². The Morgan fingerprint density at radius 1 is 1.00 bits per heavy atom. The van der Waals surface area contributed by atoms with Gasteiger partial charge in [-0.1, -0.05) is 54.6 Å². The maximum atomic E-state index is 12.3. The minimum atomic E-state index is -0.0177. The van der Waals surface area contributed by atoms with Gasteiger partial charge in [-0.3, -0.25) is 9.78 Å². The fraction of sp³-hybridized carbons (Fsp3) is 0.217. The summed E-state index contributed by atoms with van der Waals surface area (Å²) in [7, 11) is 0. The van der Waals surface area contributed by atoms with E-state index >= 15 is 0 Å². The molecule has 3 rings (SSSR count). The molecule has 1 heterocycles. The number of hydrogen-bond acceptors (Lipinski definition) is 2. The van der Waals surface area contributed by atoms with Gasteiger partial charge in [0.2, 0.25) is 5.91 Å². The zero-order chi connectivity index (χ0) is 18.2. The van der Waals surface area contributed by atoms with Gasteiger partial charge in [-0.05, 0) is 54.2 Å². The Morgan fingerprint density at radius 3 is 2.58 bits per heavy atom. The number of aryl methyl sites for hydroxylation is 1. The number of nitrogens with zero attached hydrogens (tertiary/aromatic N) is 1. The summed E-state index contributed by atoms with van der Waals surface area (Å²) in [6, 6.07) is 22.5. The molecule has 0 aliphatic carbocycles. The highest BCUT2D eigenvalue weighted by Crippen LogP contribution is 2.22. The second-order valence-electron chi connectivity index (χ2n) is 6.50. The van der Waals surface area contributed by atoms with Crippen LogP contribution in [0.2, 0.25) is 0 Å². The Kier molecular flexibility index (Phi) is 6.15. The smallest absolute Gasteiger partial charge is 0.220 e. The van der Waals surface area contributed by atoms with Crippen molar-refractivity contribution >= 4 is 5.91 Å². The van der Waals surface area contributed by atoms with Crippen LogP contribution in [0.4, 0.5) is 0 Å². The van der Waals surface area contributed by atoms with Gasteiger partial charge in [-0.15, -0.1) is 0 Å². The first kappa shape index (κ1) is 17.9. The molecule has 0 saturated heterocycles. The molecule has 0 fully saturated rings. The number of benzene rings is 2. The molecule has 0 spiro atoms. The largest absolute Gasteiger partial charge is 0.350 e. The Hall–Kier alpha value is -2.94. The molecule has 1 atom stereocenters. The molecule has 1 unspecified atom stereocenters. The third-order valence-corrected chi connectivity index (χ3v) is 4.47. The summed E-state index contributed by atoms with van der Waals surface area (Å²) in [6.07, 6.45) is 5.95. The predicted octanol–water partition coefficient (Wildman–Crippen LogP) is 4.95. The Bertz CT molecular complexity index is 831. The van der Waals surface area contributed by atoms with Crippen molar-refractivity contribution in [2.75, 3.05) is 0 Å². The number of carbonyl (C=O) groups is 1. The van der Waals surface area contributed by atoms with Gasteiger partial charge in [0.05, 0.1) is 6.04 Å². The minimum Gasteiger partial charge on any atom is -0.350 e. The zero-order valence-electron chi connectivity index (χ0n) is 15.1. The number of rotatable bonds is 7. The highest BCUT2D eigenvalue weighted by molar-refractivity contribution is 5.76. The maximum Gasteiger partial charge on any atom is 0.220 e. The number of hydrogen-bond donors (Lipinski definition) is 1. The molecule has 1 amide bonds. The molecule has 1 aromatic heterocycles. The van der Waals surface area contributed by atoms with Crippen LogP contribution < -0.4 is 5.32 Å². The second kappa shape index (κ2) is 8.95. The number of carbonyl (C=O) groups excluding carboxylic acids is 1. The number of pyridine rings is 1. The Labute approximate surface area is 155 Å². The topological polar surface area (TPSA) is 42.0 Å². The molecule has 3 aromatic rings. The first-order chi connectivity index (χ1) is 12.7. The molecule has 0 aliphatic heterocycles. The summed E-state index contributed by atoms with van der Waals surface area (Å²) in [5.41, 5.74) is 4.57. The molecule has 0 bridgehead atoms. The Morgan fingerprint density at radius 2 is 1.81 bits per heavy atom. The predicted molar refractivity (Wildman–Crippen MR) is 106 cm³/mol. The van der Waals surface area contributed by atoms with Crippen LogP contribution in [0, 0.1) is 0 Å². The Balaban J connectivity index is 1.54. The van der Waals surface area contributed by atoms with Crippen LogP contribution in [-0.2, 0) is 11.2 Å². The van der Waals surface area contributed by atoms with E-state index in [9.17, 15) is 4.79 Å². The summed E-state index contributed by atoms with van der Waals surface area (Å²) >= 11 is 0. The molecule has 3 heteroatoms. The van der Waals surface area contributed by atoms with E-state index in [1.54, 1.807) is 6.20 Å². The fourth-order valence-electron chi connectivity index (χ4n) is 3.02. The highest BCUT2D eigenvalue weighted by Gasteiger charge is 2.10. The molecular formula is C23H24N2O. The molecule has 0 aliphatic rings. The van der Waals surface area contributed by atoms with Gasteiger partial charge in [0.1, 0.15) is 0 Å². The quantitative estimate of drug-likeness (QED) is 0.659. The molecular weight excluding hydrogens is 320 g/mol. The third-order valence-electron chi connectivity index (χ3n) is 4.47. The molecule has 0 saturated carbocycles. The maximum absolute atomic E-state index is 12.3. The molecule has 132 valence electrons. The zero-order valence-corrected chi connectivity index (χ0v) is 15.1. The van der Waals surface area contributed by atoms with Gasteiger partial charge < -0.3 is 5.32 Å². The van der Waals surface area contributed by atoms with Crippen molar-refractivity contribution in [3.8, 4) is 11.1 Å². The van der Waals surface area contributed by atoms with Crippen LogP contribution in [0.15, 0.2) is 79.1 Å². The summed E-state index contributed by atoms with van der Waals surface area (Å²) < 4.78 is 0. The number of nitrogens with one attached hydrogen (secondary N) is 1. The van der Waals surface area contributed by atoms with Crippen molar-refractivity contribution < 1.29 is 4.79 Å². The second-order valence-corrected chi connectivity index (χ2v) is 6.50. The first-order valence-electron chi connectivity index (χ1n) is 9.06. The van der Waals surface area contributed by atoms with E-state index in [0.29, 0.717) is 6.42 Å². The number of aromatic nitrogens is 1. The van der Waals surface area contributed by atoms with Crippen molar-refractivity contribution in [2.45, 2.75) is 32.2 Å². The van der Waals surface area contributed by atoms with E-state index in [-0.39, 0.29) is 11.9 Å². The summed E-state index contributed by atoms with van der Waals surface area (Å²) in [6.45, 7) is 2.03. The van der Waals surface area contributed by atoms with Crippen molar-refractivity contribution in [1.82, 2.24) is 10.3 Å². The van der Waals surface area contributed by atoms with E-state index in [2.05, 4.69) is 40.6 Å². The summed E-state index contributed by atoms with van der Waals surface area (Å²) in [5.74, 6) is 0.0974. The van der Waals surface area contributed by atoms with Crippen LogP contribution in [0.25, 0.3) is 11.1 Å². The van der Waals surface area contributed by atoms with Crippen LogP contribution in [0.1, 0.15) is 36.9 Å². The standard InChI is InChI=1S/C23H24N2O/c1-18(25-23(26)14-5-10-19-8-3-2-4-9-19)20-11-6-12-21(16-20)22-13-7-15-24-17-22/h2-4,6-9,11-13,15-18H,5,10,14H2,1H3,(H,25,26). The first-order valence-corrected chi connectivity index (χ1v) is 9.06. The summed E-state index contributed by atoms with van der Waals surface area (Å²) in [5, 5.41) is 3.11. The van der Waals surface area contributed by atoms with E-state index < -0.39 is 0 Å². The van der Waals surface area contributed by atoms with E-state index in [1.165, 1.54) is 5.56 Å². The average Bonchev–Trinajstić information content (AvgIpc) is 2.69. The van der Waals surface area contributed by atoms with E-state index in [0.717, 1.165) is 29.5 Å². The van der Waals surface area contributed by atoms with E-state index in [1.807, 2.05) is 49.5 Å².